The summed E-state index contributed by atoms with van der Waals surface area (Å²) in [4.78, 5) is 0. The van der Waals surface area contributed by atoms with Gasteiger partial charge in [-0.1, -0.05) is 12.7 Å². The van der Waals surface area contributed by atoms with Crippen LogP contribution < -0.4 is 0 Å². The van der Waals surface area contributed by atoms with E-state index in [4.69, 9.17) is 0 Å². The monoisotopic (exact) mass is 184 g/mol. The highest BCUT2D eigenvalue weighted by Crippen LogP contribution is 2.23. The van der Waals surface area contributed by atoms with E-state index in [0.717, 1.165) is 18.2 Å². The molecule has 0 aliphatic rings. The predicted octanol–water partition coefficient (Wildman–Crippen LogP) is 2.36. The van der Waals surface area contributed by atoms with Crippen molar-refractivity contribution in [2.24, 2.45) is 0 Å². The van der Waals surface area contributed by atoms with Gasteiger partial charge >= 0.3 is 0 Å². The van der Waals surface area contributed by atoms with Crippen molar-refractivity contribution in [3.05, 3.63) is 48.1 Å². The second-order valence-corrected chi connectivity index (χ2v) is 3.01. The molecule has 3 heteroatoms. The van der Waals surface area contributed by atoms with Crippen LogP contribution in [-0.2, 0) is 5.60 Å². The Labute approximate surface area is 75.3 Å². The number of halogens is 2. The van der Waals surface area contributed by atoms with Gasteiger partial charge < -0.3 is 5.11 Å². The molecule has 0 saturated heterocycles. The molecule has 0 amide bonds. The summed E-state index contributed by atoms with van der Waals surface area (Å²) in [5, 5.41) is 9.59. The van der Waals surface area contributed by atoms with E-state index in [2.05, 4.69) is 6.58 Å². The van der Waals surface area contributed by atoms with Crippen LogP contribution >= 0.6 is 0 Å². The minimum Gasteiger partial charge on any atom is -0.381 e. The average Bonchev–Trinajstić information content (AvgIpc) is 2.02. The lowest BCUT2D eigenvalue weighted by Crippen LogP contribution is -2.17. The lowest BCUT2D eigenvalue weighted by Gasteiger charge is -2.18. The van der Waals surface area contributed by atoms with Gasteiger partial charge in [0.1, 0.15) is 17.2 Å². The van der Waals surface area contributed by atoms with Crippen LogP contribution in [0.4, 0.5) is 8.78 Å². The molecule has 0 heterocycles. The number of rotatable bonds is 2. The van der Waals surface area contributed by atoms with Gasteiger partial charge in [0.05, 0.1) is 0 Å². The fraction of sp³-hybridized carbons (Fsp3) is 0.200. The van der Waals surface area contributed by atoms with Crippen molar-refractivity contribution in [2.75, 3.05) is 0 Å². The molecule has 0 bridgehead atoms. The van der Waals surface area contributed by atoms with Gasteiger partial charge in [-0.25, -0.2) is 8.78 Å². The smallest absolute Gasteiger partial charge is 0.126 e. The molecule has 1 N–H and O–H groups in total. The number of benzene rings is 1. The van der Waals surface area contributed by atoms with E-state index in [-0.39, 0.29) is 5.56 Å². The van der Waals surface area contributed by atoms with E-state index >= 15 is 0 Å². The molecule has 1 atom stereocenters. The SMILES string of the molecule is C=CC(C)(O)c1cc(F)cc(F)c1. The normalized spacial score (nSPS) is 15.1. The molecule has 1 aromatic rings. The quantitative estimate of drug-likeness (QED) is 0.699. The molecular formula is C10H10F2O. The van der Waals surface area contributed by atoms with Crippen LogP contribution in [0.25, 0.3) is 0 Å². The predicted molar refractivity (Wildman–Crippen MR) is 46.1 cm³/mol. The zero-order valence-electron chi connectivity index (χ0n) is 7.22. The van der Waals surface area contributed by atoms with Crippen molar-refractivity contribution in [2.45, 2.75) is 12.5 Å². The molecule has 1 unspecified atom stereocenters. The molecule has 1 rings (SSSR count). The summed E-state index contributed by atoms with van der Waals surface area (Å²) in [6.45, 7) is 4.78. The molecular weight excluding hydrogens is 174 g/mol. The van der Waals surface area contributed by atoms with Crippen LogP contribution in [0.15, 0.2) is 30.9 Å². The fourth-order valence-electron chi connectivity index (χ4n) is 0.964. The van der Waals surface area contributed by atoms with Gasteiger partial charge in [-0.2, -0.15) is 0 Å². The average molecular weight is 184 g/mol. The molecule has 0 aliphatic carbocycles. The Morgan fingerprint density at radius 1 is 1.31 bits per heavy atom. The van der Waals surface area contributed by atoms with E-state index in [9.17, 15) is 13.9 Å². The maximum Gasteiger partial charge on any atom is 0.126 e. The van der Waals surface area contributed by atoms with Crippen molar-refractivity contribution in [3.8, 4) is 0 Å². The Hall–Kier alpha value is -1.22. The maximum atomic E-state index is 12.7. The molecule has 13 heavy (non-hydrogen) atoms. The zero-order chi connectivity index (χ0) is 10.1. The highest BCUT2D eigenvalue weighted by Gasteiger charge is 2.19. The van der Waals surface area contributed by atoms with E-state index in [1.54, 1.807) is 0 Å². The largest absolute Gasteiger partial charge is 0.381 e. The third kappa shape index (κ3) is 2.12. The number of hydrogen-bond acceptors (Lipinski definition) is 1. The Balaban J connectivity index is 3.22. The van der Waals surface area contributed by atoms with Crippen LogP contribution in [0.2, 0.25) is 0 Å². The van der Waals surface area contributed by atoms with Crippen LogP contribution in [0.5, 0.6) is 0 Å². The van der Waals surface area contributed by atoms with Crippen molar-refractivity contribution < 1.29 is 13.9 Å². The molecule has 0 fully saturated rings. The molecule has 0 aliphatic heterocycles. The lowest BCUT2D eigenvalue weighted by molar-refractivity contribution is 0.111. The number of hydrogen-bond donors (Lipinski definition) is 1. The highest BCUT2D eigenvalue weighted by molar-refractivity contribution is 5.27. The summed E-state index contributed by atoms with van der Waals surface area (Å²) in [6, 6.07) is 2.90. The van der Waals surface area contributed by atoms with Crippen LogP contribution in [0.1, 0.15) is 12.5 Å². The first-order valence-corrected chi connectivity index (χ1v) is 3.78. The molecule has 1 aromatic carbocycles. The van der Waals surface area contributed by atoms with E-state index in [1.165, 1.54) is 13.0 Å². The first-order valence-electron chi connectivity index (χ1n) is 3.78. The Morgan fingerprint density at radius 3 is 2.15 bits per heavy atom. The third-order valence-electron chi connectivity index (χ3n) is 1.84. The lowest BCUT2D eigenvalue weighted by atomic mass is 9.96. The van der Waals surface area contributed by atoms with E-state index < -0.39 is 17.2 Å². The summed E-state index contributed by atoms with van der Waals surface area (Å²) in [7, 11) is 0. The summed E-state index contributed by atoms with van der Waals surface area (Å²) >= 11 is 0. The van der Waals surface area contributed by atoms with Gasteiger partial charge in [-0.15, -0.1) is 0 Å². The van der Waals surface area contributed by atoms with Gasteiger partial charge in [0.2, 0.25) is 0 Å². The first kappa shape index (κ1) is 9.86. The number of aliphatic hydroxyl groups is 1. The van der Waals surface area contributed by atoms with Crippen LogP contribution in [0, 0.1) is 11.6 Å². The molecule has 1 nitrogen and oxygen atoms in total. The van der Waals surface area contributed by atoms with Gasteiger partial charge in [0.25, 0.3) is 0 Å². The second kappa shape index (κ2) is 3.26. The summed E-state index contributed by atoms with van der Waals surface area (Å²) in [5.41, 5.74) is -1.25. The maximum absolute atomic E-state index is 12.7. The zero-order valence-corrected chi connectivity index (χ0v) is 7.22. The minimum absolute atomic E-state index is 0.153. The summed E-state index contributed by atoms with van der Waals surface area (Å²) in [6.07, 6.45) is 1.22. The van der Waals surface area contributed by atoms with Crippen molar-refractivity contribution >= 4 is 0 Å². The third-order valence-corrected chi connectivity index (χ3v) is 1.84. The van der Waals surface area contributed by atoms with Crippen molar-refractivity contribution in [1.29, 1.82) is 0 Å². The van der Waals surface area contributed by atoms with Crippen molar-refractivity contribution in [3.63, 3.8) is 0 Å². The summed E-state index contributed by atoms with van der Waals surface area (Å²) in [5.74, 6) is -1.42. The molecule has 0 aromatic heterocycles. The minimum atomic E-state index is -1.40. The molecule has 0 radical (unpaired) electrons. The van der Waals surface area contributed by atoms with Gasteiger partial charge in [-0.3, -0.25) is 0 Å². The standard InChI is InChI=1S/C10H10F2O/c1-3-10(2,13)7-4-8(11)6-9(12)5-7/h3-6,13H,1H2,2H3. The Morgan fingerprint density at radius 2 is 1.77 bits per heavy atom. The fourth-order valence-corrected chi connectivity index (χ4v) is 0.964. The van der Waals surface area contributed by atoms with Crippen LogP contribution in [-0.4, -0.2) is 5.11 Å². The highest BCUT2D eigenvalue weighted by atomic mass is 19.1. The molecule has 0 saturated carbocycles. The summed E-state index contributed by atoms with van der Waals surface area (Å²) < 4.78 is 25.4. The Kier molecular flexibility index (Phi) is 2.48. The topological polar surface area (TPSA) is 20.2 Å². The molecule has 70 valence electrons. The van der Waals surface area contributed by atoms with Crippen LogP contribution in [0.3, 0.4) is 0 Å². The van der Waals surface area contributed by atoms with Gasteiger partial charge in [-0.05, 0) is 24.6 Å². The van der Waals surface area contributed by atoms with E-state index in [1.807, 2.05) is 0 Å². The molecule has 0 spiro atoms. The first-order chi connectivity index (χ1) is 5.95. The van der Waals surface area contributed by atoms with Gasteiger partial charge in [0, 0.05) is 6.07 Å². The van der Waals surface area contributed by atoms with E-state index in [0.29, 0.717) is 0 Å². The van der Waals surface area contributed by atoms with Gasteiger partial charge in [0.15, 0.2) is 0 Å². The second-order valence-electron chi connectivity index (χ2n) is 3.01. The van der Waals surface area contributed by atoms with Crippen molar-refractivity contribution in [1.82, 2.24) is 0 Å². The Bertz CT molecular complexity index is 311.